The first-order valence-corrected chi connectivity index (χ1v) is 16.4. The molecule has 14 heteroatoms. The first kappa shape index (κ1) is 34.0. The van der Waals surface area contributed by atoms with Gasteiger partial charge in [-0.25, -0.2) is 9.97 Å². The molecule has 2 fully saturated rings. The SMILES string of the molecule is CCOC1CN(Cc2ncc(-c3cccc(-c4cccc(-c5cnc(CN6CC(OCC(N)=O)C6)c(OC)n5)c4Cl)c3Cl)nc2OC)C1. The lowest BCUT2D eigenvalue weighted by atomic mass is 9.98. The highest BCUT2D eigenvalue weighted by Gasteiger charge is 2.30. The van der Waals surface area contributed by atoms with Crippen LogP contribution in [0, 0.1) is 0 Å². The van der Waals surface area contributed by atoms with Crippen molar-refractivity contribution in [2.45, 2.75) is 32.2 Å². The van der Waals surface area contributed by atoms with Crippen molar-refractivity contribution in [3.8, 4) is 45.4 Å². The highest BCUT2D eigenvalue weighted by molar-refractivity contribution is 6.39. The van der Waals surface area contributed by atoms with Crippen molar-refractivity contribution in [2.24, 2.45) is 5.73 Å². The Morgan fingerprint density at radius 2 is 1.21 bits per heavy atom. The van der Waals surface area contributed by atoms with E-state index in [2.05, 4.69) is 14.8 Å². The Balaban J connectivity index is 1.21. The van der Waals surface area contributed by atoms with Gasteiger partial charge in [0.25, 0.3) is 0 Å². The van der Waals surface area contributed by atoms with E-state index in [-0.39, 0.29) is 18.8 Å². The van der Waals surface area contributed by atoms with Crippen LogP contribution in [0.3, 0.4) is 0 Å². The number of primary amides is 1. The summed E-state index contributed by atoms with van der Waals surface area (Å²) in [6.07, 6.45) is 3.62. The molecule has 0 radical (unpaired) electrons. The van der Waals surface area contributed by atoms with Gasteiger partial charge in [0.1, 0.15) is 18.0 Å². The fourth-order valence-corrected chi connectivity index (χ4v) is 6.50. The number of ether oxygens (including phenoxy) is 4. The number of carbonyl (C=O) groups excluding carboxylic acids is 1. The number of amides is 1. The molecule has 2 aromatic heterocycles. The molecule has 48 heavy (non-hydrogen) atoms. The predicted molar refractivity (Wildman–Crippen MR) is 182 cm³/mol. The van der Waals surface area contributed by atoms with E-state index in [0.717, 1.165) is 29.9 Å². The molecule has 1 amide bonds. The van der Waals surface area contributed by atoms with E-state index < -0.39 is 5.91 Å². The lowest BCUT2D eigenvalue weighted by Crippen LogP contribution is -2.52. The lowest BCUT2D eigenvalue weighted by Gasteiger charge is -2.38. The molecule has 0 aliphatic carbocycles. The van der Waals surface area contributed by atoms with Crippen molar-refractivity contribution >= 4 is 29.1 Å². The van der Waals surface area contributed by atoms with Crippen LogP contribution < -0.4 is 15.2 Å². The smallest absolute Gasteiger partial charge is 0.243 e. The molecule has 0 unspecified atom stereocenters. The molecule has 12 nitrogen and oxygen atoms in total. The number of carbonyl (C=O) groups is 1. The van der Waals surface area contributed by atoms with Gasteiger partial charge in [-0.3, -0.25) is 24.6 Å². The van der Waals surface area contributed by atoms with Crippen LogP contribution >= 0.6 is 23.2 Å². The number of aromatic nitrogens is 4. The maximum atomic E-state index is 11.0. The molecule has 6 rings (SSSR count). The second-order valence-corrected chi connectivity index (χ2v) is 12.4. The zero-order chi connectivity index (χ0) is 33.8. The predicted octanol–water partition coefficient (Wildman–Crippen LogP) is 4.50. The fraction of sp³-hybridized carbons (Fsp3) is 0.382. The fourth-order valence-electron chi connectivity index (χ4n) is 5.85. The van der Waals surface area contributed by atoms with Crippen LogP contribution in [0.15, 0.2) is 48.8 Å². The van der Waals surface area contributed by atoms with Gasteiger partial charge in [-0.15, -0.1) is 0 Å². The lowest BCUT2D eigenvalue weighted by molar-refractivity contribution is -0.129. The van der Waals surface area contributed by atoms with Gasteiger partial charge in [-0.05, 0) is 6.92 Å². The highest BCUT2D eigenvalue weighted by atomic mass is 35.5. The summed E-state index contributed by atoms with van der Waals surface area (Å²) in [5.74, 6) is 0.369. The van der Waals surface area contributed by atoms with Gasteiger partial charge in [0, 0.05) is 68.1 Å². The normalized spacial score (nSPS) is 15.6. The van der Waals surface area contributed by atoms with Crippen molar-refractivity contribution in [2.75, 3.05) is 53.6 Å². The summed E-state index contributed by atoms with van der Waals surface area (Å²) >= 11 is 14.1. The van der Waals surface area contributed by atoms with Crippen molar-refractivity contribution in [1.82, 2.24) is 29.7 Å². The van der Waals surface area contributed by atoms with Gasteiger partial charge in [-0.2, -0.15) is 0 Å². The van der Waals surface area contributed by atoms with Crippen LogP contribution in [0.4, 0.5) is 0 Å². The topological polar surface area (TPSA) is 138 Å². The van der Waals surface area contributed by atoms with Gasteiger partial charge in [0.15, 0.2) is 0 Å². The van der Waals surface area contributed by atoms with Crippen LogP contribution in [-0.2, 0) is 27.4 Å². The second kappa shape index (κ2) is 15.1. The zero-order valence-corrected chi connectivity index (χ0v) is 28.5. The standard InChI is InChI=1S/C34H37Cl2N7O5/c1-4-47-20-13-42(14-20)17-28-33(45-2)40-26(11-38-28)24-9-5-7-22(31(24)35)23-8-6-10-25(32(23)36)27-12-39-29(34(41-27)46-3)18-43-15-21(16-43)48-19-30(37)44/h5-12,20-21H,4,13-19H2,1-3H3,(H2,37,44). The van der Waals surface area contributed by atoms with Gasteiger partial charge >= 0.3 is 0 Å². The van der Waals surface area contributed by atoms with E-state index in [9.17, 15) is 4.79 Å². The number of methoxy groups -OCH3 is 2. The number of nitrogens with two attached hydrogens (primary N) is 1. The van der Waals surface area contributed by atoms with E-state index in [1.807, 2.05) is 43.3 Å². The van der Waals surface area contributed by atoms with Gasteiger partial charge < -0.3 is 24.7 Å². The summed E-state index contributed by atoms with van der Waals surface area (Å²) in [4.78, 5) is 34.2. The van der Waals surface area contributed by atoms with Crippen LogP contribution in [-0.4, -0.2) is 101 Å². The minimum Gasteiger partial charge on any atom is -0.480 e. The van der Waals surface area contributed by atoms with Crippen molar-refractivity contribution in [3.63, 3.8) is 0 Å². The number of halogens is 2. The first-order chi connectivity index (χ1) is 23.3. The quantitative estimate of drug-likeness (QED) is 0.200. The maximum absolute atomic E-state index is 11.0. The molecular weight excluding hydrogens is 657 g/mol. The van der Waals surface area contributed by atoms with E-state index in [1.165, 1.54) is 0 Å². The monoisotopic (exact) mass is 693 g/mol. The molecule has 252 valence electrons. The maximum Gasteiger partial charge on any atom is 0.243 e. The van der Waals surface area contributed by atoms with Crippen molar-refractivity contribution < 1.29 is 23.7 Å². The summed E-state index contributed by atoms with van der Waals surface area (Å²) in [6, 6.07) is 11.4. The molecule has 0 atom stereocenters. The van der Waals surface area contributed by atoms with E-state index >= 15 is 0 Å². The molecular formula is C34H37Cl2N7O5. The number of hydrogen-bond donors (Lipinski definition) is 1. The van der Waals surface area contributed by atoms with E-state index in [4.69, 9.17) is 62.8 Å². The molecule has 2 aromatic carbocycles. The third kappa shape index (κ3) is 7.39. The van der Waals surface area contributed by atoms with Crippen LogP contribution in [0.5, 0.6) is 11.8 Å². The molecule has 4 heterocycles. The molecule has 2 saturated heterocycles. The Bertz CT molecular complexity index is 1780. The second-order valence-electron chi connectivity index (χ2n) is 11.6. The number of benzene rings is 2. The Morgan fingerprint density at radius 3 is 1.62 bits per heavy atom. The zero-order valence-electron chi connectivity index (χ0n) is 27.0. The average Bonchev–Trinajstić information content (AvgIpc) is 3.05. The van der Waals surface area contributed by atoms with Crippen molar-refractivity contribution in [1.29, 1.82) is 0 Å². The molecule has 0 bridgehead atoms. The van der Waals surface area contributed by atoms with Crippen molar-refractivity contribution in [3.05, 3.63) is 70.2 Å². The third-order valence-electron chi connectivity index (χ3n) is 8.31. The Labute approximate surface area is 289 Å². The van der Waals surface area contributed by atoms with Gasteiger partial charge in [0.2, 0.25) is 17.7 Å². The van der Waals surface area contributed by atoms with Crippen LogP contribution in [0.25, 0.3) is 33.6 Å². The Kier molecular flexibility index (Phi) is 10.7. The molecule has 2 aliphatic rings. The highest BCUT2D eigenvalue weighted by Crippen LogP contribution is 2.42. The average molecular weight is 695 g/mol. The Hall–Kier alpha value is -3.91. The summed E-state index contributed by atoms with van der Waals surface area (Å²) in [6.45, 7) is 6.79. The first-order valence-electron chi connectivity index (χ1n) is 15.6. The molecule has 2 N–H and O–H groups in total. The summed E-state index contributed by atoms with van der Waals surface area (Å²) < 4.78 is 22.4. The summed E-state index contributed by atoms with van der Waals surface area (Å²) in [5.41, 5.74) is 10.6. The number of likely N-dealkylation sites (tertiary alicyclic amines) is 2. The van der Waals surface area contributed by atoms with E-state index in [1.54, 1.807) is 26.6 Å². The third-order valence-corrected chi connectivity index (χ3v) is 9.12. The molecule has 0 saturated carbocycles. The molecule has 2 aliphatic heterocycles. The van der Waals surface area contributed by atoms with Gasteiger partial charge in [-0.1, -0.05) is 59.6 Å². The van der Waals surface area contributed by atoms with Crippen LogP contribution in [0.2, 0.25) is 10.0 Å². The van der Waals surface area contributed by atoms with Crippen LogP contribution in [0.1, 0.15) is 18.3 Å². The molecule has 4 aromatic rings. The number of hydrogen-bond acceptors (Lipinski definition) is 11. The minimum absolute atomic E-state index is 0.0410. The minimum atomic E-state index is -0.482. The molecule has 0 spiro atoms. The number of nitrogens with zero attached hydrogens (tertiary/aromatic N) is 6. The number of rotatable bonds is 14. The largest absolute Gasteiger partial charge is 0.480 e. The van der Waals surface area contributed by atoms with Gasteiger partial charge in [0.05, 0.1) is 60.3 Å². The summed E-state index contributed by atoms with van der Waals surface area (Å²) in [7, 11) is 3.15. The Morgan fingerprint density at radius 1 is 0.771 bits per heavy atom. The summed E-state index contributed by atoms with van der Waals surface area (Å²) in [5, 5.41) is 0.950. The van der Waals surface area contributed by atoms with E-state index in [0.29, 0.717) is 82.8 Å².